The van der Waals surface area contributed by atoms with E-state index in [9.17, 15) is 4.79 Å². The molecule has 2 nitrogen and oxygen atoms in total. The summed E-state index contributed by atoms with van der Waals surface area (Å²) >= 11 is 0. The summed E-state index contributed by atoms with van der Waals surface area (Å²) in [6.45, 7) is 5.64. The van der Waals surface area contributed by atoms with Gasteiger partial charge in [0.15, 0.2) is 0 Å². The number of unbranched alkanes of at least 4 members (excludes halogenated alkanes) is 6. The summed E-state index contributed by atoms with van der Waals surface area (Å²) in [6.07, 6.45) is 22.3. The van der Waals surface area contributed by atoms with Gasteiger partial charge < -0.3 is 4.74 Å². The minimum atomic E-state index is -0.175. The molecule has 0 bridgehead atoms. The van der Waals surface area contributed by atoms with Gasteiger partial charge in [-0.2, -0.15) is 0 Å². The summed E-state index contributed by atoms with van der Waals surface area (Å²) in [7, 11) is 0. The van der Waals surface area contributed by atoms with Gasteiger partial charge in [0.05, 0.1) is 6.61 Å². The molecule has 0 aliphatic rings. The van der Waals surface area contributed by atoms with Crippen molar-refractivity contribution in [2.75, 3.05) is 6.61 Å². The van der Waals surface area contributed by atoms with Crippen molar-refractivity contribution in [1.82, 2.24) is 0 Å². The normalized spacial score (nSPS) is 11.7. The van der Waals surface area contributed by atoms with Crippen LogP contribution in [0.5, 0.6) is 0 Å². The molecule has 0 heterocycles. The summed E-state index contributed by atoms with van der Waals surface area (Å²) in [4.78, 5) is 10.5. The third kappa shape index (κ3) is 16.4. The first-order valence-corrected chi connectivity index (χ1v) is 7.51. The molecule has 0 atom stereocenters. The van der Waals surface area contributed by atoms with Gasteiger partial charge in [-0.25, -0.2) is 0 Å². The Bertz CT molecular complexity index is 324. The maximum Gasteiger partial charge on any atom is 0.302 e. The van der Waals surface area contributed by atoms with E-state index < -0.39 is 0 Å². The highest BCUT2D eigenvalue weighted by Gasteiger charge is 1.93. The Kier molecular flexibility index (Phi) is 14.3. The standard InChI is InChI=1S/C18H28O2/c1-3-4-5-6-7-8-9-10-11-12-13-14-15-16-17-20-18(2)19/h3-9H,1,10-17H2,2H3. The molecule has 0 amide bonds. The van der Waals surface area contributed by atoms with Crippen molar-refractivity contribution in [3.63, 3.8) is 0 Å². The zero-order valence-corrected chi connectivity index (χ0v) is 12.7. The van der Waals surface area contributed by atoms with Crippen LogP contribution >= 0.6 is 0 Å². The van der Waals surface area contributed by atoms with Crippen LogP contribution in [0.2, 0.25) is 0 Å². The van der Waals surface area contributed by atoms with Crippen LogP contribution in [-0.2, 0) is 9.53 Å². The highest BCUT2D eigenvalue weighted by atomic mass is 16.5. The van der Waals surface area contributed by atoms with Gasteiger partial charge in [0.2, 0.25) is 0 Å². The highest BCUT2D eigenvalue weighted by Crippen LogP contribution is 2.07. The highest BCUT2D eigenvalue weighted by molar-refractivity contribution is 5.65. The largest absolute Gasteiger partial charge is 0.466 e. The molecule has 0 radical (unpaired) electrons. The monoisotopic (exact) mass is 276 g/mol. The second kappa shape index (κ2) is 15.5. The SMILES string of the molecule is C=CC=CC=CC=CCCCCCCCCOC(C)=O. The lowest BCUT2D eigenvalue weighted by molar-refractivity contribution is -0.141. The number of hydrogen-bond acceptors (Lipinski definition) is 2. The minimum Gasteiger partial charge on any atom is -0.466 e. The zero-order chi connectivity index (χ0) is 14.9. The van der Waals surface area contributed by atoms with Crippen molar-refractivity contribution in [3.05, 3.63) is 49.1 Å². The van der Waals surface area contributed by atoms with Crippen LogP contribution in [-0.4, -0.2) is 12.6 Å². The molecule has 0 aromatic heterocycles. The molecule has 0 spiro atoms. The van der Waals surface area contributed by atoms with E-state index in [4.69, 9.17) is 4.74 Å². The van der Waals surface area contributed by atoms with Gasteiger partial charge in [-0.05, 0) is 19.3 Å². The van der Waals surface area contributed by atoms with Crippen LogP contribution in [0.1, 0.15) is 51.9 Å². The predicted molar refractivity (Wildman–Crippen MR) is 86.6 cm³/mol. The van der Waals surface area contributed by atoms with Gasteiger partial charge >= 0.3 is 5.97 Å². The fourth-order valence-electron chi connectivity index (χ4n) is 1.73. The van der Waals surface area contributed by atoms with Crippen molar-refractivity contribution in [2.24, 2.45) is 0 Å². The molecule has 0 aliphatic heterocycles. The maximum atomic E-state index is 10.5. The van der Waals surface area contributed by atoms with Gasteiger partial charge in [0, 0.05) is 6.92 Å². The Hall–Kier alpha value is -1.57. The number of allylic oxidation sites excluding steroid dienone is 7. The van der Waals surface area contributed by atoms with Gasteiger partial charge in [0.25, 0.3) is 0 Å². The van der Waals surface area contributed by atoms with Crippen LogP contribution in [0.4, 0.5) is 0 Å². The molecule has 0 saturated heterocycles. The van der Waals surface area contributed by atoms with Gasteiger partial charge in [-0.3, -0.25) is 4.79 Å². The van der Waals surface area contributed by atoms with Crippen molar-refractivity contribution < 1.29 is 9.53 Å². The fourth-order valence-corrected chi connectivity index (χ4v) is 1.73. The van der Waals surface area contributed by atoms with Crippen LogP contribution in [0.3, 0.4) is 0 Å². The first kappa shape index (κ1) is 18.4. The van der Waals surface area contributed by atoms with Crippen molar-refractivity contribution in [3.8, 4) is 0 Å². The van der Waals surface area contributed by atoms with E-state index in [0.717, 1.165) is 19.3 Å². The van der Waals surface area contributed by atoms with Gasteiger partial charge in [0.1, 0.15) is 0 Å². The molecule has 0 unspecified atom stereocenters. The summed E-state index contributed by atoms with van der Waals surface area (Å²) < 4.78 is 4.88. The topological polar surface area (TPSA) is 26.3 Å². The molecule has 0 aromatic carbocycles. The van der Waals surface area contributed by atoms with Gasteiger partial charge in [-0.1, -0.05) is 74.8 Å². The smallest absolute Gasteiger partial charge is 0.302 e. The zero-order valence-electron chi connectivity index (χ0n) is 12.7. The van der Waals surface area contributed by atoms with Crippen molar-refractivity contribution >= 4 is 5.97 Å². The average molecular weight is 276 g/mol. The van der Waals surface area contributed by atoms with E-state index in [1.807, 2.05) is 24.3 Å². The molecule has 0 saturated carbocycles. The lowest BCUT2D eigenvalue weighted by Gasteiger charge is -2.01. The Morgan fingerprint density at radius 1 is 0.900 bits per heavy atom. The van der Waals surface area contributed by atoms with Crippen LogP contribution in [0.25, 0.3) is 0 Å². The number of carbonyl (C=O) groups is 1. The molecular weight excluding hydrogens is 248 g/mol. The lowest BCUT2D eigenvalue weighted by atomic mass is 10.1. The van der Waals surface area contributed by atoms with E-state index in [1.165, 1.54) is 32.6 Å². The Morgan fingerprint density at radius 3 is 2.20 bits per heavy atom. The Labute approximate surface area is 123 Å². The third-order valence-electron chi connectivity index (χ3n) is 2.79. The lowest BCUT2D eigenvalue weighted by Crippen LogP contribution is -1.99. The molecule has 0 rings (SSSR count). The number of hydrogen-bond donors (Lipinski definition) is 0. The summed E-state index contributed by atoms with van der Waals surface area (Å²) in [5.74, 6) is -0.175. The third-order valence-corrected chi connectivity index (χ3v) is 2.79. The van der Waals surface area contributed by atoms with Crippen LogP contribution in [0.15, 0.2) is 49.1 Å². The summed E-state index contributed by atoms with van der Waals surface area (Å²) in [5, 5.41) is 0. The Morgan fingerprint density at radius 2 is 1.50 bits per heavy atom. The van der Waals surface area contributed by atoms with Crippen LogP contribution in [0, 0.1) is 0 Å². The average Bonchev–Trinajstić information content (AvgIpc) is 2.43. The van der Waals surface area contributed by atoms with E-state index in [1.54, 1.807) is 6.08 Å². The van der Waals surface area contributed by atoms with Gasteiger partial charge in [-0.15, -0.1) is 0 Å². The van der Waals surface area contributed by atoms with E-state index in [0.29, 0.717) is 6.61 Å². The second-order valence-electron chi connectivity index (χ2n) is 4.68. The number of ether oxygens (including phenoxy) is 1. The minimum absolute atomic E-state index is 0.175. The maximum absolute atomic E-state index is 10.5. The first-order chi connectivity index (χ1) is 9.77. The number of carbonyl (C=O) groups excluding carboxylic acids is 1. The first-order valence-electron chi connectivity index (χ1n) is 7.51. The molecule has 2 heteroatoms. The summed E-state index contributed by atoms with van der Waals surface area (Å²) in [6, 6.07) is 0. The molecular formula is C18H28O2. The molecule has 0 N–H and O–H groups in total. The number of rotatable bonds is 12. The van der Waals surface area contributed by atoms with E-state index in [2.05, 4.69) is 18.7 Å². The quantitative estimate of drug-likeness (QED) is 0.280. The van der Waals surface area contributed by atoms with Crippen LogP contribution < -0.4 is 0 Å². The molecule has 0 aromatic rings. The summed E-state index contributed by atoms with van der Waals surface area (Å²) in [5.41, 5.74) is 0. The molecule has 20 heavy (non-hydrogen) atoms. The molecule has 0 aliphatic carbocycles. The Balaban J connectivity index is 3.22. The number of esters is 1. The second-order valence-corrected chi connectivity index (χ2v) is 4.68. The van der Waals surface area contributed by atoms with Crippen molar-refractivity contribution in [1.29, 1.82) is 0 Å². The predicted octanol–water partition coefficient (Wildman–Crippen LogP) is 5.13. The molecule has 0 fully saturated rings. The molecule has 112 valence electrons. The van der Waals surface area contributed by atoms with E-state index >= 15 is 0 Å². The van der Waals surface area contributed by atoms with Crippen molar-refractivity contribution in [2.45, 2.75) is 51.9 Å². The van der Waals surface area contributed by atoms with E-state index in [-0.39, 0.29) is 5.97 Å². The fraction of sp³-hybridized carbons (Fsp3) is 0.500.